The molecule has 2 rings (SSSR count). The Balaban J connectivity index is 2.11. The lowest BCUT2D eigenvalue weighted by atomic mass is 10.2. The van der Waals surface area contributed by atoms with Crippen molar-refractivity contribution < 1.29 is 32.7 Å². The summed E-state index contributed by atoms with van der Waals surface area (Å²) in [6, 6.07) is 5.04. The summed E-state index contributed by atoms with van der Waals surface area (Å²) in [5.74, 6) is 0.0561. The van der Waals surface area contributed by atoms with Crippen molar-refractivity contribution in [1.29, 1.82) is 0 Å². The van der Waals surface area contributed by atoms with E-state index in [0.717, 1.165) is 0 Å². The van der Waals surface area contributed by atoms with Crippen molar-refractivity contribution in [3.8, 4) is 11.5 Å². The van der Waals surface area contributed by atoms with E-state index in [-0.39, 0.29) is 25.5 Å². The zero-order valence-electron chi connectivity index (χ0n) is 16.3. The van der Waals surface area contributed by atoms with E-state index >= 15 is 0 Å². The fraction of sp³-hybridized carbons (Fsp3) is 0.588. The second kappa shape index (κ2) is 9.52. The van der Waals surface area contributed by atoms with E-state index in [0.29, 0.717) is 17.2 Å². The van der Waals surface area contributed by atoms with Crippen LogP contribution in [0.2, 0.25) is 0 Å². The maximum Gasteiger partial charge on any atom is 0.350 e. The lowest BCUT2D eigenvalue weighted by Gasteiger charge is -2.25. The number of hydroxylamine groups is 2. The van der Waals surface area contributed by atoms with Gasteiger partial charge >= 0.3 is 7.60 Å². The van der Waals surface area contributed by atoms with Crippen LogP contribution >= 0.6 is 7.60 Å². The predicted molar refractivity (Wildman–Crippen MR) is 100 cm³/mol. The average Bonchev–Trinajstić information content (AvgIpc) is 3.04. The molecule has 9 nitrogen and oxygen atoms in total. The number of methoxy groups -OCH3 is 2. The summed E-state index contributed by atoms with van der Waals surface area (Å²) in [6.07, 6.45) is -0.646. The molecular weight excluding hydrogens is 375 g/mol. The molecule has 0 unspecified atom stereocenters. The van der Waals surface area contributed by atoms with Gasteiger partial charge in [-0.15, -0.1) is 0 Å². The van der Waals surface area contributed by atoms with Gasteiger partial charge in [-0.2, -0.15) is 5.06 Å². The molecule has 10 heteroatoms. The number of rotatable bonds is 9. The van der Waals surface area contributed by atoms with Crippen LogP contribution in [0.25, 0.3) is 0 Å². The number of ether oxygens (including phenoxy) is 2. The van der Waals surface area contributed by atoms with E-state index in [2.05, 4.69) is 5.32 Å². The van der Waals surface area contributed by atoms with Crippen LogP contribution in [0.5, 0.6) is 11.5 Å². The van der Waals surface area contributed by atoms with Crippen LogP contribution in [0, 0.1) is 0 Å². The van der Waals surface area contributed by atoms with Gasteiger partial charge in [0.05, 0.1) is 27.4 Å². The Morgan fingerprint density at radius 2 is 1.74 bits per heavy atom. The van der Waals surface area contributed by atoms with E-state index in [1.165, 1.54) is 19.3 Å². The van der Waals surface area contributed by atoms with Crippen molar-refractivity contribution in [2.24, 2.45) is 0 Å². The zero-order chi connectivity index (χ0) is 20.0. The summed E-state index contributed by atoms with van der Waals surface area (Å²) in [7, 11) is 1.23. The second-order valence-corrected chi connectivity index (χ2v) is 8.01. The Morgan fingerprint density at radius 1 is 1.19 bits per heavy atom. The van der Waals surface area contributed by atoms with Gasteiger partial charge < -0.3 is 23.8 Å². The van der Waals surface area contributed by atoms with Crippen LogP contribution in [0.15, 0.2) is 18.2 Å². The number of carbonyl (C=O) groups is 1. The number of carbonyl (C=O) groups excluding carboxylic acids is 1. The molecular formula is C17H27N2O7P. The molecule has 1 fully saturated rings. The zero-order valence-corrected chi connectivity index (χ0v) is 17.2. The highest BCUT2D eigenvalue weighted by molar-refractivity contribution is 7.54. The minimum absolute atomic E-state index is 0.181. The fourth-order valence-corrected chi connectivity index (χ4v) is 4.85. The number of hydrogen-bond acceptors (Lipinski definition) is 8. The van der Waals surface area contributed by atoms with Gasteiger partial charge in [-0.1, -0.05) is 0 Å². The first-order valence-electron chi connectivity index (χ1n) is 8.69. The molecule has 1 amide bonds. The molecule has 0 spiro atoms. The average molecular weight is 402 g/mol. The summed E-state index contributed by atoms with van der Waals surface area (Å²) in [6.45, 7) is 3.95. The van der Waals surface area contributed by atoms with Crippen LogP contribution in [-0.4, -0.2) is 57.3 Å². The molecule has 1 saturated heterocycles. The predicted octanol–water partition coefficient (Wildman–Crippen LogP) is 2.87. The molecule has 152 valence electrons. The van der Waals surface area contributed by atoms with Crippen molar-refractivity contribution in [2.75, 3.05) is 39.8 Å². The molecule has 2 atom stereocenters. The number of anilines is 1. The first-order chi connectivity index (χ1) is 12.9. The number of nitrogens with zero attached hydrogens (tertiary/aromatic N) is 1. The van der Waals surface area contributed by atoms with Crippen LogP contribution in [0.3, 0.4) is 0 Å². The van der Waals surface area contributed by atoms with E-state index < -0.39 is 19.5 Å². The fourth-order valence-electron chi connectivity index (χ4n) is 2.81. The van der Waals surface area contributed by atoms with Crippen molar-refractivity contribution in [2.45, 2.75) is 32.2 Å². The third-order valence-electron chi connectivity index (χ3n) is 4.03. The lowest BCUT2D eigenvalue weighted by Crippen LogP contribution is -2.28. The van der Waals surface area contributed by atoms with Gasteiger partial charge in [0.1, 0.15) is 17.3 Å². The SMILES string of the molecule is CCOP(=O)(OCC)[C@@H]1C[C@H](C(=O)Nc2cc(OC)cc(OC)c2)ON1C. The molecule has 1 aliphatic rings. The van der Waals surface area contributed by atoms with Gasteiger partial charge in [0.2, 0.25) is 0 Å². The molecule has 0 aliphatic carbocycles. The van der Waals surface area contributed by atoms with Gasteiger partial charge in [-0.05, 0) is 13.8 Å². The van der Waals surface area contributed by atoms with Crippen LogP contribution in [0.4, 0.5) is 5.69 Å². The van der Waals surface area contributed by atoms with Crippen molar-refractivity contribution in [3.05, 3.63) is 18.2 Å². The maximum atomic E-state index is 13.0. The number of nitrogens with one attached hydrogen (secondary N) is 1. The van der Waals surface area contributed by atoms with Crippen LogP contribution in [0.1, 0.15) is 20.3 Å². The maximum absolute atomic E-state index is 13.0. The van der Waals surface area contributed by atoms with Gasteiger partial charge in [-0.3, -0.25) is 14.2 Å². The van der Waals surface area contributed by atoms with Crippen LogP contribution < -0.4 is 14.8 Å². The molecule has 1 aliphatic heterocycles. The Bertz CT molecular complexity index is 668. The third-order valence-corrected chi connectivity index (χ3v) is 6.53. The summed E-state index contributed by atoms with van der Waals surface area (Å²) in [5.41, 5.74) is 0.503. The molecule has 1 N–H and O–H groups in total. The largest absolute Gasteiger partial charge is 0.497 e. The lowest BCUT2D eigenvalue weighted by molar-refractivity contribution is -0.155. The molecule has 0 saturated carbocycles. The summed E-state index contributed by atoms with van der Waals surface area (Å²) in [4.78, 5) is 18.2. The van der Waals surface area contributed by atoms with E-state index in [4.69, 9.17) is 23.4 Å². The molecule has 1 aromatic rings. The Hall–Kier alpha value is -1.64. The highest BCUT2D eigenvalue weighted by Gasteiger charge is 2.48. The normalized spacial score (nSPS) is 20.5. The highest BCUT2D eigenvalue weighted by Crippen LogP contribution is 2.57. The summed E-state index contributed by atoms with van der Waals surface area (Å²) < 4.78 is 34.1. The van der Waals surface area contributed by atoms with Crippen molar-refractivity contribution >= 4 is 19.2 Å². The minimum Gasteiger partial charge on any atom is -0.497 e. The van der Waals surface area contributed by atoms with E-state index in [1.807, 2.05) is 0 Å². The van der Waals surface area contributed by atoms with Crippen LogP contribution in [-0.2, 0) is 23.2 Å². The second-order valence-electron chi connectivity index (χ2n) is 5.82. The number of amides is 1. The molecule has 0 bridgehead atoms. The third kappa shape index (κ3) is 5.21. The molecule has 0 aromatic heterocycles. The Kier molecular flexibility index (Phi) is 7.64. The van der Waals surface area contributed by atoms with Crippen molar-refractivity contribution in [3.63, 3.8) is 0 Å². The summed E-state index contributed by atoms with van der Waals surface area (Å²) >= 11 is 0. The molecule has 27 heavy (non-hydrogen) atoms. The van der Waals surface area contributed by atoms with Gasteiger partial charge in [0, 0.05) is 37.4 Å². The Morgan fingerprint density at radius 3 is 2.22 bits per heavy atom. The topological polar surface area (TPSA) is 95.6 Å². The monoisotopic (exact) mass is 402 g/mol. The Labute approximate surface area is 159 Å². The quantitative estimate of drug-likeness (QED) is 0.630. The molecule has 1 heterocycles. The standard InChI is InChI=1S/C17H27N2O7P/c1-6-24-27(21,25-7-2)16-11-15(26-19(16)3)17(20)18-12-8-13(22-4)10-14(9-12)23-5/h8-10,15-16H,6-7,11H2,1-5H3,(H,18,20)/t15-,16-/m1/s1. The van der Waals surface area contributed by atoms with Gasteiger partial charge in [0.25, 0.3) is 5.91 Å². The summed E-state index contributed by atoms with van der Waals surface area (Å²) in [5, 5.41) is 4.15. The first kappa shape index (κ1) is 21.7. The van der Waals surface area contributed by atoms with Gasteiger partial charge in [-0.25, -0.2) is 0 Å². The van der Waals surface area contributed by atoms with E-state index in [1.54, 1.807) is 39.1 Å². The first-order valence-corrected chi connectivity index (χ1v) is 10.3. The minimum atomic E-state index is -3.43. The number of benzene rings is 1. The molecule has 0 radical (unpaired) electrons. The molecule has 1 aromatic carbocycles. The van der Waals surface area contributed by atoms with Gasteiger partial charge in [0.15, 0.2) is 6.10 Å². The number of hydrogen-bond donors (Lipinski definition) is 1. The van der Waals surface area contributed by atoms with Crippen molar-refractivity contribution in [1.82, 2.24) is 5.06 Å². The van der Waals surface area contributed by atoms with E-state index in [9.17, 15) is 9.36 Å². The smallest absolute Gasteiger partial charge is 0.350 e. The highest BCUT2D eigenvalue weighted by atomic mass is 31.2.